The van der Waals surface area contributed by atoms with Crippen LogP contribution in [0.25, 0.3) is 0 Å². The maximum Gasteiger partial charge on any atom is 0.255 e. The molecule has 0 saturated carbocycles. The van der Waals surface area contributed by atoms with E-state index in [2.05, 4.69) is 10.3 Å². The van der Waals surface area contributed by atoms with Crippen LogP contribution in [0.2, 0.25) is 0 Å². The molecule has 0 spiro atoms. The Morgan fingerprint density at radius 3 is 2.65 bits per heavy atom. The number of rotatable bonds is 4. The van der Waals surface area contributed by atoms with E-state index in [0.29, 0.717) is 5.56 Å². The van der Waals surface area contributed by atoms with Gasteiger partial charge in [-0.2, -0.15) is 0 Å². The van der Waals surface area contributed by atoms with E-state index in [4.69, 9.17) is 0 Å². The van der Waals surface area contributed by atoms with Gasteiger partial charge >= 0.3 is 0 Å². The van der Waals surface area contributed by atoms with E-state index in [0.717, 1.165) is 5.56 Å². The molecule has 1 amide bonds. The number of phenolic OH excluding ortho intramolecular Hbond substituents is 1. The van der Waals surface area contributed by atoms with Crippen LogP contribution in [0.5, 0.6) is 5.75 Å². The lowest BCUT2D eigenvalue weighted by molar-refractivity contribution is 0.0913. The van der Waals surface area contributed by atoms with Crippen LogP contribution in [0.15, 0.2) is 42.7 Å². The molecule has 0 fully saturated rings. The highest BCUT2D eigenvalue weighted by Gasteiger charge is 2.13. The van der Waals surface area contributed by atoms with Crippen molar-refractivity contribution in [1.29, 1.82) is 0 Å². The van der Waals surface area contributed by atoms with Gasteiger partial charge in [0.05, 0.1) is 11.7 Å². The molecule has 104 valence electrons. The number of amides is 1. The number of pyridine rings is 1. The van der Waals surface area contributed by atoms with Crippen molar-refractivity contribution < 1.29 is 15.0 Å². The van der Waals surface area contributed by atoms with E-state index >= 15 is 0 Å². The molecule has 1 aromatic carbocycles. The molecule has 2 rings (SSSR count). The Morgan fingerprint density at radius 2 is 2.00 bits per heavy atom. The van der Waals surface area contributed by atoms with Gasteiger partial charge < -0.3 is 15.5 Å². The summed E-state index contributed by atoms with van der Waals surface area (Å²) in [6.45, 7) is 1.89. The summed E-state index contributed by atoms with van der Waals surface area (Å²) in [7, 11) is 0. The van der Waals surface area contributed by atoms with Crippen molar-refractivity contribution in [2.45, 2.75) is 13.0 Å². The predicted molar refractivity (Wildman–Crippen MR) is 74.4 cm³/mol. The van der Waals surface area contributed by atoms with Crippen LogP contribution in [0.1, 0.15) is 27.6 Å². The van der Waals surface area contributed by atoms with Crippen LogP contribution < -0.4 is 5.32 Å². The van der Waals surface area contributed by atoms with Gasteiger partial charge in [0, 0.05) is 18.9 Å². The first-order valence-electron chi connectivity index (χ1n) is 6.23. The Labute approximate surface area is 116 Å². The van der Waals surface area contributed by atoms with Gasteiger partial charge in [-0.15, -0.1) is 0 Å². The Morgan fingerprint density at radius 1 is 1.30 bits per heavy atom. The number of aliphatic hydroxyl groups excluding tert-OH is 1. The van der Waals surface area contributed by atoms with Gasteiger partial charge in [-0.3, -0.25) is 9.78 Å². The highest BCUT2D eigenvalue weighted by molar-refractivity contribution is 5.96. The SMILES string of the molecule is Cc1ccc(C(=O)NCC(O)c2ccncc2)c(O)c1. The summed E-state index contributed by atoms with van der Waals surface area (Å²) >= 11 is 0. The maximum absolute atomic E-state index is 11.9. The number of aromatic nitrogens is 1. The number of hydrogen-bond donors (Lipinski definition) is 3. The number of carbonyl (C=O) groups is 1. The van der Waals surface area contributed by atoms with Gasteiger partial charge in [0.25, 0.3) is 5.91 Å². The number of nitrogens with zero attached hydrogens (tertiary/aromatic N) is 1. The van der Waals surface area contributed by atoms with E-state index in [1.807, 2.05) is 6.92 Å². The molecule has 0 bridgehead atoms. The topological polar surface area (TPSA) is 82.5 Å². The molecule has 3 N–H and O–H groups in total. The minimum absolute atomic E-state index is 0.0656. The Balaban J connectivity index is 1.99. The van der Waals surface area contributed by atoms with Crippen LogP contribution in [0, 0.1) is 6.92 Å². The number of aliphatic hydroxyl groups is 1. The van der Waals surface area contributed by atoms with Gasteiger partial charge in [-0.1, -0.05) is 6.07 Å². The number of benzene rings is 1. The molecule has 2 aromatic rings. The third-order valence-electron chi connectivity index (χ3n) is 2.94. The first-order chi connectivity index (χ1) is 9.58. The summed E-state index contributed by atoms with van der Waals surface area (Å²) in [6, 6.07) is 8.18. The lowest BCUT2D eigenvalue weighted by Gasteiger charge is -2.12. The van der Waals surface area contributed by atoms with Gasteiger partial charge in [-0.05, 0) is 42.3 Å². The lowest BCUT2D eigenvalue weighted by Crippen LogP contribution is -2.28. The number of nitrogens with one attached hydrogen (secondary N) is 1. The van der Waals surface area contributed by atoms with E-state index in [-0.39, 0.29) is 17.9 Å². The lowest BCUT2D eigenvalue weighted by atomic mass is 10.1. The van der Waals surface area contributed by atoms with E-state index in [9.17, 15) is 15.0 Å². The molecule has 0 saturated heterocycles. The van der Waals surface area contributed by atoms with Crippen molar-refractivity contribution in [1.82, 2.24) is 10.3 Å². The molecular formula is C15H16N2O3. The van der Waals surface area contributed by atoms with Crippen LogP contribution >= 0.6 is 0 Å². The summed E-state index contributed by atoms with van der Waals surface area (Å²) in [6.07, 6.45) is 2.34. The normalized spacial score (nSPS) is 11.9. The van der Waals surface area contributed by atoms with E-state index in [1.54, 1.807) is 36.7 Å². The zero-order valence-electron chi connectivity index (χ0n) is 11.1. The smallest absolute Gasteiger partial charge is 0.255 e. The molecule has 1 atom stereocenters. The molecule has 1 heterocycles. The predicted octanol–water partition coefficient (Wildman–Crippen LogP) is 1.56. The summed E-state index contributed by atoms with van der Waals surface area (Å²) in [5, 5.41) is 22.2. The van der Waals surface area contributed by atoms with E-state index < -0.39 is 12.0 Å². The fraction of sp³-hybridized carbons (Fsp3) is 0.200. The molecule has 20 heavy (non-hydrogen) atoms. The average molecular weight is 272 g/mol. The second-order valence-corrected chi connectivity index (χ2v) is 4.53. The molecular weight excluding hydrogens is 256 g/mol. The van der Waals surface area contributed by atoms with Gasteiger partial charge in [0.2, 0.25) is 0 Å². The van der Waals surface area contributed by atoms with Crippen molar-refractivity contribution in [3.8, 4) is 5.75 Å². The third-order valence-corrected chi connectivity index (χ3v) is 2.94. The van der Waals surface area contributed by atoms with Crippen molar-refractivity contribution in [2.24, 2.45) is 0 Å². The first kappa shape index (κ1) is 14.0. The van der Waals surface area contributed by atoms with Crippen LogP contribution in [0.4, 0.5) is 0 Å². The van der Waals surface area contributed by atoms with Gasteiger partial charge in [-0.25, -0.2) is 0 Å². The van der Waals surface area contributed by atoms with E-state index in [1.165, 1.54) is 6.07 Å². The molecule has 0 aliphatic carbocycles. The van der Waals surface area contributed by atoms with Crippen molar-refractivity contribution in [3.63, 3.8) is 0 Å². The fourth-order valence-corrected chi connectivity index (χ4v) is 1.82. The molecule has 1 unspecified atom stereocenters. The number of carbonyl (C=O) groups excluding carboxylic acids is 1. The monoisotopic (exact) mass is 272 g/mol. The van der Waals surface area contributed by atoms with Crippen LogP contribution in [-0.4, -0.2) is 27.6 Å². The summed E-state index contributed by atoms with van der Waals surface area (Å²) in [4.78, 5) is 15.8. The Kier molecular flexibility index (Phi) is 4.32. The maximum atomic E-state index is 11.9. The Hall–Kier alpha value is -2.40. The molecule has 5 heteroatoms. The second-order valence-electron chi connectivity index (χ2n) is 4.53. The zero-order valence-corrected chi connectivity index (χ0v) is 11.1. The van der Waals surface area contributed by atoms with Crippen LogP contribution in [-0.2, 0) is 0 Å². The number of aryl methyl sites for hydroxylation is 1. The standard InChI is InChI=1S/C15H16N2O3/c1-10-2-3-12(13(18)8-10)15(20)17-9-14(19)11-4-6-16-7-5-11/h2-8,14,18-19H,9H2,1H3,(H,17,20). The molecule has 5 nitrogen and oxygen atoms in total. The quantitative estimate of drug-likeness (QED) is 0.788. The fourth-order valence-electron chi connectivity index (χ4n) is 1.82. The van der Waals surface area contributed by atoms with Crippen molar-refractivity contribution in [2.75, 3.05) is 6.54 Å². The molecule has 0 aliphatic rings. The van der Waals surface area contributed by atoms with Gasteiger partial charge in [0.1, 0.15) is 5.75 Å². The number of hydrogen-bond acceptors (Lipinski definition) is 4. The number of phenols is 1. The minimum Gasteiger partial charge on any atom is -0.507 e. The van der Waals surface area contributed by atoms with Crippen molar-refractivity contribution >= 4 is 5.91 Å². The molecule has 1 aromatic heterocycles. The van der Waals surface area contributed by atoms with Crippen molar-refractivity contribution in [3.05, 3.63) is 59.4 Å². The molecule has 0 aliphatic heterocycles. The second kappa shape index (κ2) is 6.16. The summed E-state index contributed by atoms with van der Waals surface area (Å²) in [5.74, 6) is -0.489. The first-order valence-corrected chi connectivity index (χ1v) is 6.23. The zero-order chi connectivity index (χ0) is 14.5. The summed E-state index contributed by atoms with van der Waals surface area (Å²) in [5.41, 5.74) is 1.74. The van der Waals surface area contributed by atoms with Gasteiger partial charge in [0.15, 0.2) is 0 Å². The average Bonchev–Trinajstić information content (AvgIpc) is 2.45. The molecule has 0 radical (unpaired) electrons. The highest BCUT2D eigenvalue weighted by Crippen LogP contribution is 2.18. The minimum atomic E-state index is -0.811. The Bertz CT molecular complexity index is 599. The van der Waals surface area contributed by atoms with Crippen LogP contribution in [0.3, 0.4) is 0 Å². The third kappa shape index (κ3) is 3.33. The largest absolute Gasteiger partial charge is 0.507 e. The number of aromatic hydroxyl groups is 1. The summed E-state index contributed by atoms with van der Waals surface area (Å²) < 4.78 is 0. The highest BCUT2D eigenvalue weighted by atomic mass is 16.3.